The molecule has 0 saturated carbocycles. The zero-order chi connectivity index (χ0) is 16.5. The second-order valence-electron chi connectivity index (χ2n) is 5.18. The first-order valence-electron chi connectivity index (χ1n) is 6.11. The zero-order valence-electron chi connectivity index (χ0n) is 12.2. The fraction of sp³-hybridized carbons (Fsp3) is 0.538. The van der Waals surface area contributed by atoms with E-state index < -0.39 is 32.7 Å². The van der Waals surface area contributed by atoms with Crippen molar-refractivity contribution in [3.05, 3.63) is 29.8 Å². The second-order valence-corrected chi connectivity index (χ2v) is 7.78. The first kappa shape index (κ1) is 17.8. The summed E-state index contributed by atoms with van der Waals surface area (Å²) in [7, 11) is -2.03. The third-order valence-corrected chi connectivity index (χ3v) is 5.54. The third kappa shape index (κ3) is 4.10. The average molecular weight is 325 g/mol. The first-order valence-corrected chi connectivity index (χ1v) is 8.01. The molecule has 0 spiro atoms. The highest BCUT2D eigenvalue weighted by molar-refractivity contribution is 7.92. The molecule has 0 aliphatic rings. The molecule has 120 valence electrons. The SMILES string of the molecule is CNC(c1ccccc1OC(F)(F)F)C(C)(C)S(C)(=O)=O. The van der Waals surface area contributed by atoms with Crippen LogP contribution < -0.4 is 10.1 Å². The van der Waals surface area contributed by atoms with Crippen molar-refractivity contribution >= 4 is 9.84 Å². The van der Waals surface area contributed by atoms with Crippen LogP contribution in [0.5, 0.6) is 5.75 Å². The van der Waals surface area contributed by atoms with Crippen LogP contribution in [0.25, 0.3) is 0 Å². The number of rotatable bonds is 5. The summed E-state index contributed by atoms with van der Waals surface area (Å²) in [4.78, 5) is 0. The summed E-state index contributed by atoms with van der Waals surface area (Å²) < 4.78 is 63.9. The molecule has 1 unspecified atom stereocenters. The van der Waals surface area contributed by atoms with Gasteiger partial charge in [-0.05, 0) is 27.0 Å². The van der Waals surface area contributed by atoms with Crippen LogP contribution in [0.3, 0.4) is 0 Å². The van der Waals surface area contributed by atoms with Crippen molar-refractivity contribution in [2.24, 2.45) is 0 Å². The van der Waals surface area contributed by atoms with Gasteiger partial charge in [-0.3, -0.25) is 0 Å². The molecule has 1 aromatic rings. The molecule has 1 atom stereocenters. The largest absolute Gasteiger partial charge is 0.573 e. The van der Waals surface area contributed by atoms with Gasteiger partial charge >= 0.3 is 6.36 Å². The van der Waals surface area contributed by atoms with Gasteiger partial charge in [-0.25, -0.2) is 8.42 Å². The number of hydrogen-bond acceptors (Lipinski definition) is 4. The van der Waals surface area contributed by atoms with Crippen molar-refractivity contribution in [3.8, 4) is 5.75 Å². The van der Waals surface area contributed by atoms with Crippen LogP contribution in [0, 0.1) is 0 Å². The molecule has 0 amide bonds. The van der Waals surface area contributed by atoms with Gasteiger partial charge in [0.1, 0.15) is 5.75 Å². The van der Waals surface area contributed by atoms with Crippen LogP contribution in [0.1, 0.15) is 25.5 Å². The van der Waals surface area contributed by atoms with Crippen LogP contribution in [-0.4, -0.2) is 32.8 Å². The quantitative estimate of drug-likeness (QED) is 0.904. The predicted octanol–water partition coefficient (Wildman–Crippen LogP) is 2.67. The van der Waals surface area contributed by atoms with Crippen LogP contribution in [0.2, 0.25) is 0 Å². The lowest BCUT2D eigenvalue weighted by atomic mass is 9.94. The van der Waals surface area contributed by atoms with E-state index in [2.05, 4.69) is 10.1 Å². The van der Waals surface area contributed by atoms with E-state index in [4.69, 9.17) is 0 Å². The highest BCUT2D eigenvalue weighted by Crippen LogP contribution is 2.38. The molecule has 0 aliphatic heterocycles. The number of alkyl halides is 3. The molecule has 1 rings (SSSR count). The average Bonchev–Trinajstić information content (AvgIpc) is 2.28. The summed E-state index contributed by atoms with van der Waals surface area (Å²) in [6.07, 6.45) is -3.80. The van der Waals surface area contributed by atoms with Crippen molar-refractivity contribution in [3.63, 3.8) is 0 Å². The normalized spacial score (nSPS) is 14.8. The summed E-state index contributed by atoms with van der Waals surface area (Å²) in [5, 5.41) is 2.76. The Hall–Kier alpha value is -1.28. The Labute approximate surface area is 122 Å². The number of ether oxygens (including phenoxy) is 1. The minimum absolute atomic E-state index is 0.132. The second kappa shape index (κ2) is 5.84. The third-order valence-electron chi connectivity index (χ3n) is 3.40. The topological polar surface area (TPSA) is 55.4 Å². The number of hydrogen-bond donors (Lipinski definition) is 1. The van der Waals surface area contributed by atoms with Gasteiger partial charge < -0.3 is 10.1 Å². The van der Waals surface area contributed by atoms with Gasteiger partial charge in [0.05, 0.1) is 10.8 Å². The van der Waals surface area contributed by atoms with Gasteiger partial charge in [0.15, 0.2) is 9.84 Å². The van der Waals surface area contributed by atoms with E-state index >= 15 is 0 Å². The molecule has 0 aromatic heterocycles. The number of sulfone groups is 1. The molecule has 0 radical (unpaired) electrons. The number of para-hydroxylation sites is 1. The van der Waals surface area contributed by atoms with Gasteiger partial charge in [0.25, 0.3) is 0 Å². The maximum atomic E-state index is 12.5. The zero-order valence-corrected chi connectivity index (χ0v) is 13.0. The minimum Gasteiger partial charge on any atom is -0.405 e. The number of halogens is 3. The first-order chi connectivity index (χ1) is 9.40. The van der Waals surface area contributed by atoms with Crippen LogP contribution in [0.4, 0.5) is 13.2 Å². The van der Waals surface area contributed by atoms with Crippen LogP contribution in [-0.2, 0) is 9.84 Å². The van der Waals surface area contributed by atoms with Crippen molar-refractivity contribution in [1.29, 1.82) is 0 Å². The Morgan fingerprint density at radius 2 is 1.71 bits per heavy atom. The van der Waals surface area contributed by atoms with E-state index in [1.165, 1.54) is 39.1 Å². The van der Waals surface area contributed by atoms with Crippen molar-refractivity contribution in [2.75, 3.05) is 13.3 Å². The summed E-state index contributed by atoms with van der Waals surface area (Å²) >= 11 is 0. The van der Waals surface area contributed by atoms with E-state index in [9.17, 15) is 21.6 Å². The molecule has 8 heteroatoms. The Kier molecular flexibility index (Phi) is 4.94. The maximum absolute atomic E-state index is 12.5. The maximum Gasteiger partial charge on any atom is 0.573 e. The molecule has 1 aromatic carbocycles. The van der Waals surface area contributed by atoms with E-state index in [-0.39, 0.29) is 5.56 Å². The van der Waals surface area contributed by atoms with E-state index in [1.54, 1.807) is 0 Å². The fourth-order valence-corrected chi connectivity index (χ4v) is 2.70. The molecule has 0 fully saturated rings. The highest BCUT2D eigenvalue weighted by atomic mass is 32.2. The van der Waals surface area contributed by atoms with Crippen molar-refractivity contribution in [1.82, 2.24) is 5.32 Å². The van der Waals surface area contributed by atoms with Gasteiger partial charge in [0, 0.05) is 11.8 Å². The lowest BCUT2D eigenvalue weighted by Gasteiger charge is -2.33. The Morgan fingerprint density at radius 1 is 1.19 bits per heavy atom. The van der Waals surface area contributed by atoms with Gasteiger partial charge in [-0.15, -0.1) is 13.2 Å². The molecular weight excluding hydrogens is 307 g/mol. The Morgan fingerprint density at radius 3 is 2.14 bits per heavy atom. The molecule has 1 N–H and O–H groups in total. The summed E-state index contributed by atoms with van der Waals surface area (Å²) in [6.45, 7) is 2.90. The van der Waals surface area contributed by atoms with Gasteiger partial charge in [0.2, 0.25) is 0 Å². The van der Waals surface area contributed by atoms with E-state index in [0.29, 0.717) is 0 Å². The lowest BCUT2D eigenvalue weighted by molar-refractivity contribution is -0.275. The predicted molar refractivity (Wildman–Crippen MR) is 73.8 cm³/mol. The van der Waals surface area contributed by atoms with Crippen LogP contribution in [0.15, 0.2) is 24.3 Å². The van der Waals surface area contributed by atoms with Gasteiger partial charge in [-0.2, -0.15) is 0 Å². The van der Waals surface area contributed by atoms with Crippen LogP contribution >= 0.6 is 0 Å². The minimum atomic E-state index is -4.84. The molecule has 0 aliphatic carbocycles. The lowest BCUT2D eigenvalue weighted by Crippen LogP contribution is -2.44. The van der Waals surface area contributed by atoms with E-state index in [0.717, 1.165) is 12.3 Å². The Bertz CT molecular complexity index is 597. The monoisotopic (exact) mass is 325 g/mol. The number of nitrogens with one attached hydrogen (secondary N) is 1. The summed E-state index contributed by atoms with van der Waals surface area (Å²) in [5.74, 6) is -0.416. The van der Waals surface area contributed by atoms with Crippen molar-refractivity contribution in [2.45, 2.75) is 31.0 Å². The standard InChI is InChI=1S/C13H18F3NO3S/c1-12(2,21(4,18)19)11(17-3)9-7-5-6-8-10(9)20-13(14,15)16/h5-8,11,17H,1-4H3. The fourth-order valence-electron chi connectivity index (χ4n) is 2.03. The van der Waals surface area contributed by atoms with Gasteiger partial charge in [-0.1, -0.05) is 18.2 Å². The number of benzene rings is 1. The smallest absolute Gasteiger partial charge is 0.405 e. The molecule has 4 nitrogen and oxygen atoms in total. The molecular formula is C13H18F3NO3S. The molecule has 0 heterocycles. The summed E-state index contributed by atoms with van der Waals surface area (Å²) in [5.41, 5.74) is 0.132. The van der Waals surface area contributed by atoms with E-state index in [1.807, 2.05) is 0 Å². The summed E-state index contributed by atoms with van der Waals surface area (Å²) in [6, 6.07) is 4.64. The van der Waals surface area contributed by atoms with Crippen molar-refractivity contribution < 1.29 is 26.3 Å². The molecule has 0 bridgehead atoms. The highest BCUT2D eigenvalue weighted by Gasteiger charge is 2.41. The molecule has 0 saturated heterocycles. The Balaban J connectivity index is 3.37. The molecule has 21 heavy (non-hydrogen) atoms.